The number of carbonyl (C=O) groups excluding carboxylic acids is 1. The van der Waals surface area contributed by atoms with Crippen molar-refractivity contribution in [2.24, 2.45) is 5.92 Å². The fraction of sp³-hybridized carbons (Fsp3) is 0.536. The zero-order chi connectivity index (χ0) is 24.0. The maximum absolute atomic E-state index is 12.5. The minimum Gasteiger partial charge on any atom is -0.496 e. The van der Waals surface area contributed by atoms with E-state index in [1.165, 1.54) is 5.56 Å². The second kappa shape index (κ2) is 11.1. The minimum atomic E-state index is -0.127. The number of amides is 1. The first kappa shape index (κ1) is 25.1. The summed E-state index contributed by atoms with van der Waals surface area (Å²) in [4.78, 5) is 16.6. The van der Waals surface area contributed by atoms with Gasteiger partial charge in [-0.3, -0.25) is 4.79 Å². The third-order valence-corrected chi connectivity index (χ3v) is 6.82. The first-order valence-corrected chi connectivity index (χ1v) is 12.0. The van der Waals surface area contributed by atoms with Crippen molar-refractivity contribution in [2.75, 3.05) is 39.3 Å². The maximum Gasteiger partial charge on any atom is 0.219 e. The molecule has 0 unspecified atom stereocenters. The van der Waals surface area contributed by atoms with E-state index in [1.54, 1.807) is 14.0 Å². The Labute approximate surface area is 199 Å². The lowest BCUT2D eigenvalue weighted by atomic mass is 9.75. The summed E-state index contributed by atoms with van der Waals surface area (Å²) < 4.78 is 11.7. The van der Waals surface area contributed by atoms with Crippen molar-refractivity contribution in [2.45, 2.75) is 58.1 Å². The Hall–Kier alpha value is -2.53. The van der Waals surface area contributed by atoms with Crippen molar-refractivity contribution < 1.29 is 14.3 Å². The van der Waals surface area contributed by atoms with Crippen LogP contribution in [0.15, 0.2) is 48.5 Å². The van der Waals surface area contributed by atoms with Crippen molar-refractivity contribution in [1.82, 2.24) is 4.90 Å². The number of rotatable bonds is 9. The number of anilines is 1. The molecule has 1 aliphatic rings. The summed E-state index contributed by atoms with van der Waals surface area (Å²) in [5, 5.41) is 0. The molecular formula is C28H40N2O3. The zero-order valence-electron chi connectivity index (χ0n) is 21.1. The number of methoxy groups -OCH3 is 1. The molecule has 1 fully saturated rings. The van der Waals surface area contributed by atoms with Gasteiger partial charge in [-0.2, -0.15) is 0 Å². The molecule has 5 nitrogen and oxygen atoms in total. The quantitative estimate of drug-likeness (QED) is 0.505. The predicted octanol–water partition coefficient (Wildman–Crippen LogP) is 5.49. The van der Waals surface area contributed by atoms with E-state index in [2.05, 4.69) is 55.1 Å². The molecule has 0 radical (unpaired) electrons. The Morgan fingerprint density at radius 3 is 2.45 bits per heavy atom. The monoisotopic (exact) mass is 452 g/mol. The molecule has 1 amide bonds. The van der Waals surface area contributed by atoms with Gasteiger partial charge in [-0.05, 0) is 74.3 Å². The third-order valence-electron chi connectivity index (χ3n) is 6.82. The Kier molecular flexibility index (Phi) is 8.41. The molecule has 0 spiro atoms. The first-order valence-electron chi connectivity index (χ1n) is 12.0. The summed E-state index contributed by atoms with van der Waals surface area (Å²) in [6.07, 6.45) is 2.93. The molecule has 2 atom stereocenters. The van der Waals surface area contributed by atoms with Gasteiger partial charge in [0, 0.05) is 46.4 Å². The fourth-order valence-electron chi connectivity index (χ4n) is 5.00. The Morgan fingerprint density at radius 2 is 1.85 bits per heavy atom. The number of benzene rings is 2. The van der Waals surface area contributed by atoms with Crippen LogP contribution in [0.5, 0.6) is 5.75 Å². The second-order valence-corrected chi connectivity index (χ2v) is 10.00. The van der Waals surface area contributed by atoms with Crippen LogP contribution in [-0.4, -0.2) is 50.8 Å². The fourth-order valence-corrected chi connectivity index (χ4v) is 5.00. The van der Waals surface area contributed by atoms with Gasteiger partial charge in [0.25, 0.3) is 0 Å². The number of carbonyl (C=O) groups is 1. The van der Waals surface area contributed by atoms with Crippen LogP contribution >= 0.6 is 0 Å². The molecule has 1 saturated heterocycles. The molecule has 2 aromatic rings. The van der Waals surface area contributed by atoms with Gasteiger partial charge in [0.15, 0.2) is 0 Å². The van der Waals surface area contributed by atoms with Crippen molar-refractivity contribution in [3.63, 3.8) is 0 Å². The van der Waals surface area contributed by atoms with Crippen LogP contribution in [0, 0.1) is 5.92 Å². The van der Waals surface area contributed by atoms with Crippen LogP contribution in [-0.2, 0) is 16.1 Å². The standard InChI is InChI=1S/C28H40N2O3/c1-21(31)30(20-22-11-13-24(14-12-22)29(4)5)17-15-25(23-16-18-33-28(2,3)19-23)26-9-7-8-10-27(26)32-6/h7-14,23,25H,15-20H2,1-6H3/t23-,25-/m0/s1. The van der Waals surface area contributed by atoms with Gasteiger partial charge < -0.3 is 19.3 Å². The van der Waals surface area contributed by atoms with Crippen LogP contribution in [0.2, 0.25) is 0 Å². The lowest BCUT2D eigenvalue weighted by molar-refractivity contribution is -0.129. The van der Waals surface area contributed by atoms with Crippen LogP contribution in [0.3, 0.4) is 0 Å². The lowest BCUT2D eigenvalue weighted by Crippen LogP contribution is -2.37. The molecule has 0 aromatic heterocycles. The summed E-state index contributed by atoms with van der Waals surface area (Å²) in [5.74, 6) is 1.83. The number of hydrogen-bond acceptors (Lipinski definition) is 4. The highest BCUT2D eigenvalue weighted by Gasteiger charge is 2.35. The summed E-state index contributed by atoms with van der Waals surface area (Å²) in [6.45, 7) is 8.14. The van der Waals surface area contributed by atoms with E-state index in [0.29, 0.717) is 24.9 Å². The molecule has 5 heteroatoms. The first-order chi connectivity index (χ1) is 15.7. The summed E-state index contributed by atoms with van der Waals surface area (Å²) in [5.41, 5.74) is 3.42. The normalized spacial score (nSPS) is 18.4. The molecule has 180 valence electrons. The van der Waals surface area contributed by atoms with Crippen LogP contribution in [0.1, 0.15) is 57.1 Å². The molecule has 3 rings (SSSR count). The number of nitrogens with zero attached hydrogens (tertiary/aromatic N) is 2. The average molecular weight is 453 g/mol. The second-order valence-electron chi connectivity index (χ2n) is 10.00. The lowest BCUT2D eigenvalue weighted by Gasteiger charge is -2.40. The maximum atomic E-state index is 12.5. The largest absolute Gasteiger partial charge is 0.496 e. The molecule has 1 heterocycles. The van der Waals surface area contributed by atoms with Crippen molar-refractivity contribution in [1.29, 1.82) is 0 Å². The minimum absolute atomic E-state index is 0.109. The van der Waals surface area contributed by atoms with E-state index in [9.17, 15) is 4.79 Å². The molecule has 0 aliphatic carbocycles. The van der Waals surface area contributed by atoms with E-state index in [1.807, 2.05) is 31.1 Å². The average Bonchev–Trinajstić information content (AvgIpc) is 2.78. The van der Waals surface area contributed by atoms with E-state index < -0.39 is 0 Å². The number of para-hydroxylation sites is 1. The summed E-state index contributed by atoms with van der Waals surface area (Å²) >= 11 is 0. The van der Waals surface area contributed by atoms with Gasteiger partial charge in [0.05, 0.1) is 12.7 Å². The van der Waals surface area contributed by atoms with Gasteiger partial charge in [-0.25, -0.2) is 0 Å². The zero-order valence-corrected chi connectivity index (χ0v) is 21.1. The van der Waals surface area contributed by atoms with E-state index in [0.717, 1.165) is 42.9 Å². The molecule has 1 aliphatic heterocycles. The molecule has 0 saturated carbocycles. The highest BCUT2D eigenvalue weighted by Crippen LogP contribution is 2.42. The number of ether oxygens (including phenoxy) is 2. The van der Waals surface area contributed by atoms with Gasteiger partial charge in [-0.1, -0.05) is 30.3 Å². The molecule has 0 bridgehead atoms. The third kappa shape index (κ3) is 6.73. The highest BCUT2D eigenvalue weighted by atomic mass is 16.5. The summed E-state index contributed by atoms with van der Waals surface area (Å²) in [6, 6.07) is 16.8. The molecule has 2 aromatic carbocycles. The number of hydrogen-bond donors (Lipinski definition) is 0. The van der Waals surface area contributed by atoms with Gasteiger partial charge >= 0.3 is 0 Å². The SMILES string of the molecule is COc1ccccc1[C@@H](CCN(Cc1ccc(N(C)C)cc1)C(C)=O)[C@H]1CCOC(C)(C)C1. The molecule has 33 heavy (non-hydrogen) atoms. The van der Waals surface area contributed by atoms with Gasteiger partial charge in [0.2, 0.25) is 5.91 Å². The molecule has 0 N–H and O–H groups in total. The van der Waals surface area contributed by atoms with E-state index >= 15 is 0 Å². The van der Waals surface area contributed by atoms with Crippen molar-refractivity contribution in [3.8, 4) is 5.75 Å². The van der Waals surface area contributed by atoms with Crippen LogP contribution < -0.4 is 9.64 Å². The smallest absolute Gasteiger partial charge is 0.219 e. The van der Waals surface area contributed by atoms with Crippen LogP contribution in [0.4, 0.5) is 5.69 Å². The predicted molar refractivity (Wildman–Crippen MR) is 135 cm³/mol. The van der Waals surface area contributed by atoms with Crippen molar-refractivity contribution >= 4 is 11.6 Å². The topological polar surface area (TPSA) is 42.0 Å². The van der Waals surface area contributed by atoms with E-state index in [-0.39, 0.29) is 11.5 Å². The van der Waals surface area contributed by atoms with Crippen LogP contribution in [0.25, 0.3) is 0 Å². The highest BCUT2D eigenvalue weighted by molar-refractivity contribution is 5.73. The Bertz CT molecular complexity index is 908. The van der Waals surface area contributed by atoms with Gasteiger partial charge in [-0.15, -0.1) is 0 Å². The van der Waals surface area contributed by atoms with Gasteiger partial charge in [0.1, 0.15) is 5.75 Å². The Balaban J connectivity index is 1.79. The van der Waals surface area contributed by atoms with E-state index in [4.69, 9.17) is 9.47 Å². The van der Waals surface area contributed by atoms with Crippen molar-refractivity contribution in [3.05, 3.63) is 59.7 Å². The summed E-state index contributed by atoms with van der Waals surface area (Å²) in [7, 11) is 5.81. The molecular weight excluding hydrogens is 412 g/mol. The Morgan fingerprint density at radius 1 is 1.15 bits per heavy atom.